The first-order valence-corrected chi connectivity index (χ1v) is 5.53. The van der Waals surface area contributed by atoms with Gasteiger partial charge in [0.2, 0.25) is 0 Å². The summed E-state index contributed by atoms with van der Waals surface area (Å²) < 4.78 is 7.69. The Hall–Kier alpha value is -0.610. The number of hydrogen-bond donors (Lipinski definition) is 0. The average molecular weight is 258 g/mol. The van der Waals surface area contributed by atoms with Crippen molar-refractivity contribution in [3.8, 4) is 0 Å². The second-order valence-electron chi connectivity index (χ2n) is 3.41. The molecule has 0 bridgehead atoms. The Morgan fingerprint density at radius 3 is 2.86 bits per heavy atom. The van der Waals surface area contributed by atoms with E-state index in [1.54, 1.807) is 10.6 Å². The summed E-state index contributed by atoms with van der Waals surface area (Å²) in [4.78, 5) is 11.7. The van der Waals surface area contributed by atoms with Gasteiger partial charge < -0.3 is 9.30 Å². The third-order valence-electron chi connectivity index (χ3n) is 2.51. The van der Waals surface area contributed by atoms with Crippen LogP contribution in [0, 0.1) is 0 Å². The van der Waals surface area contributed by atoms with Crippen LogP contribution in [0.5, 0.6) is 0 Å². The molecule has 3 nitrogen and oxygen atoms in total. The fourth-order valence-corrected chi connectivity index (χ4v) is 2.09. The van der Waals surface area contributed by atoms with Gasteiger partial charge in [-0.2, -0.15) is 0 Å². The summed E-state index contributed by atoms with van der Waals surface area (Å²) in [5.41, 5.74) is 0.0550. The van der Waals surface area contributed by atoms with Crippen LogP contribution in [0.4, 0.5) is 0 Å². The van der Waals surface area contributed by atoms with Crippen molar-refractivity contribution in [2.75, 3.05) is 13.2 Å². The predicted octanol–water partition coefficient (Wildman–Crippen LogP) is 1.96. The highest BCUT2D eigenvalue weighted by Gasteiger charge is 2.16. The van der Waals surface area contributed by atoms with Gasteiger partial charge in [0.1, 0.15) is 0 Å². The van der Waals surface area contributed by atoms with Crippen molar-refractivity contribution in [2.24, 2.45) is 0 Å². The molecule has 76 valence electrons. The number of aromatic nitrogens is 1. The molecule has 0 aromatic carbocycles. The van der Waals surface area contributed by atoms with Crippen LogP contribution in [0.1, 0.15) is 18.9 Å². The van der Waals surface area contributed by atoms with Crippen LogP contribution in [0.25, 0.3) is 0 Å². The highest BCUT2D eigenvalue weighted by Crippen LogP contribution is 2.19. The molecule has 2 heterocycles. The molecule has 1 aliphatic heterocycles. The van der Waals surface area contributed by atoms with Crippen molar-refractivity contribution in [2.45, 2.75) is 18.9 Å². The molecule has 4 heteroatoms. The number of rotatable bonds is 1. The molecular formula is C10H12BrNO2. The molecule has 2 rings (SSSR count). The molecule has 1 fully saturated rings. The van der Waals surface area contributed by atoms with Crippen LogP contribution >= 0.6 is 15.9 Å². The van der Waals surface area contributed by atoms with Gasteiger partial charge in [-0.05, 0) is 40.9 Å². The highest BCUT2D eigenvalue weighted by atomic mass is 79.9. The molecule has 1 saturated heterocycles. The third kappa shape index (κ3) is 1.91. The summed E-state index contributed by atoms with van der Waals surface area (Å²) in [6.07, 6.45) is 3.70. The molecule has 0 N–H and O–H groups in total. The minimum atomic E-state index is 0.0550. The van der Waals surface area contributed by atoms with Gasteiger partial charge >= 0.3 is 0 Å². The zero-order valence-electron chi connectivity index (χ0n) is 7.78. The maximum Gasteiger partial charge on any atom is 0.265 e. The molecule has 0 radical (unpaired) electrons. The number of halogens is 1. The fourth-order valence-electron chi connectivity index (χ4n) is 1.73. The molecule has 0 atom stereocenters. The van der Waals surface area contributed by atoms with E-state index in [4.69, 9.17) is 4.74 Å². The van der Waals surface area contributed by atoms with E-state index in [9.17, 15) is 4.79 Å². The van der Waals surface area contributed by atoms with Crippen molar-refractivity contribution >= 4 is 15.9 Å². The Morgan fingerprint density at radius 1 is 1.43 bits per heavy atom. The summed E-state index contributed by atoms with van der Waals surface area (Å²) in [5, 5.41) is 0. The monoisotopic (exact) mass is 257 g/mol. The van der Waals surface area contributed by atoms with Crippen molar-refractivity contribution in [3.05, 3.63) is 33.2 Å². The van der Waals surface area contributed by atoms with Gasteiger partial charge in [-0.3, -0.25) is 4.79 Å². The van der Waals surface area contributed by atoms with E-state index >= 15 is 0 Å². The van der Waals surface area contributed by atoms with Crippen molar-refractivity contribution in [1.82, 2.24) is 4.57 Å². The maximum atomic E-state index is 11.7. The highest BCUT2D eigenvalue weighted by molar-refractivity contribution is 9.10. The quantitative estimate of drug-likeness (QED) is 0.771. The molecule has 1 aromatic rings. The molecule has 14 heavy (non-hydrogen) atoms. The predicted molar refractivity (Wildman–Crippen MR) is 57.5 cm³/mol. The lowest BCUT2D eigenvalue weighted by Gasteiger charge is -2.24. The minimum Gasteiger partial charge on any atom is -0.381 e. The van der Waals surface area contributed by atoms with Gasteiger partial charge in [-0.1, -0.05) is 0 Å². The Bertz CT molecular complexity index is 369. The van der Waals surface area contributed by atoms with E-state index < -0.39 is 0 Å². The van der Waals surface area contributed by atoms with E-state index in [1.165, 1.54) is 0 Å². The van der Waals surface area contributed by atoms with Gasteiger partial charge in [0, 0.05) is 25.5 Å². The molecular weight excluding hydrogens is 246 g/mol. The second-order valence-corrected chi connectivity index (χ2v) is 4.27. The summed E-state index contributed by atoms with van der Waals surface area (Å²) in [7, 11) is 0. The summed E-state index contributed by atoms with van der Waals surface area (Å²) in [6.45, 7) is 1.51. The standard InChI is InChI=1S/C10H12BrNO2/c11-9-2-1-5-12(10(9)13)8-3-6-14-7-4-8/h1-2,5,8H,3-4,6-7H2. The molecule has 1 aliphatic rings. The van der Waals surface area contributed by atoms with E-state index in [0.29, 0.717) is 10.5 Å². The molecule has 0 unspecified atom stereocenters. The molecule has 0 aliphatic carbocycles. The molecule has 0 saturated carbocycles. The zero-order chi connectivity index (χ0) is 9.97. The van der Waals surface area contributed by atoms with Crippen LogP contribution in [0.15, 0.2) is 27.6 Å². The van der Waals surface area contributed by atoms with Crippen LogP contribution in [-0.4, -0.2) is 17.8 Å². The van der Waals surface area contributed by atoms with Crippen molar-refractivity contribution < 1.29 is 4.74 Å². The molecule has 0 spiro atoms. The lowest BCUT2D eigenvalue weighted by Crippen LogP contribution is -2.28. The van der Waals surface area contributed by atoms with E-state index in [1.807, 2.05) is 12.3 Å². The van der Waals surface area contributed by atoms with Crippen LogP contribution in [0.3, 0.4) is 0 Å². The average Bonchev–Trinajstić information content (AvgIpc) is 2.23. The lowest BCUT2D eigenvalue weighted by molar-refractivity contribution is 0.0686. The zero-order valence-corrected chi connectivity index (χ0v) is 9.37. The first kappa shape index (κ1) is 9.93. The summed E-state index contributed by atoms with van der Waals surface area (Å²) in [6, 6.07) is 3.97. The first-order chi connectivity index (χ1) is 6.79. The normalized spacial score (nSPS) is 18.4. The number of pyridine rings is 1. The molecule has 0 amide bonds. The lowest BCUT2D eigenvalue weighted by atomic mass is 10.1. The fraction of sp³-hybridized carbons (Fsp3) is 0.500. The smallest absolute Gasteiger partial charge is 0.265 e. The number of nitrogens with zero attached hydrogens (tertiary/aromatic N) is 1. The van der Waals surface area contributed by atoms with Gasteiger partial charge in [-0.25, -0.2) is 0 Å². The van der Waals surface area contributed by atoms with Crippen molar-refractivity contribution in [1.29, 1.82) is 0 Å². The summed E-state index contributed by atoms with van der Waals surface area (Å²) in [5.74, 6) is 0. The number of ether oxygens (including phenoxy) is 1. The van der Waals surface area contributed by atoms with Gasteiger partial charge in [-0.15, -0.1) is 0 Å². The topological polar surface area (TPSA) is 31.2 Å². The van der Waals surface area contributed by atoms with E-state index in [0.717, 1.165) is 26.1 Å². The van der Waals surface area contributed by atoms with Crippen LogP contribution < -0.4 is 5.56 Å². The van der Waals surface area contributed by atoms with Crippen LogP contribution in [0.2, 0.25) is 0 Å². The Labute approximate surface area is 90.8 Å². The maximum absolute atomic E-state index is 11.7. The molecule has 1 aromatic heterocycles. The minimum absolute atomic E-state index is 0.0550. The summed E-state index contributed by atoms with van der Waals surface area (Å²) >= 11 is 3.25. The van der Waals surface area contributed by atoms with Gasteiger partial charge in [0.15, 0.2) is 0 Å². The Balaban J connectivity index is 2.31. The second kappa shape index (κ2) is 4.28. The van der Waals surface area contributed by atoms with Crippen LogP contribution in [-0.2, 0) is 4.74 Å². The largest absolute Gasteiger partial charge is 0.381 e. The number of hydrogen-bond acceptors (Lipinski definition) is 2. The van der Waals surface area contributed by atoms with Gasteiger partial charge in [0.05, 0.1) is 4.47 Å². The van der Waals surface area contributed by atoms with E-state index in [-0.39, 0.29) is 5.56 Å². The van der Waals surface area contributed by atoms with E-state index in [2.05, 4.69) is 15.9 Å². The first-order valence-electron chi connectivity index (χ1n) is 4.73. The SMILES string of the molecule is O=c1c(Br)cccn1C1CCOCC1. The van der Waals surface area contributed by atoms with Crippen molar-refractivity contribution in [3.63, 3.8) is 0 Å². The Kier molecular flexibility index (Phi) is 3.03. The Morgan fingerprint density at radius 2 is 2.14 bits per heavy atom. The third-order valence-corrected chi connectivity index (χ3v) is 3.12. The van der Waals surface area contributed by atoms with Gasteiger partial charge in [0.25, 0.3) is 5.56 Å².